The molecule has 0 heterocycles. The Morgan fingerprint density at radius 1 is 0.923 bits per heavy atom. The fourth-order valence-corrected chi connectivity index (χ4v) is 2.78. The summed E-state index contributed by atoms with van der Waals surface area (Å²) < 4.78 is 0. The minimum absolute atomic E-state index is 0.0958. The van der Waals surface area contributed by atoms with E-state index in [4.69, 9.17) is 10.8 Å². The minimum atomic E-state index is -1.04. The molecule has 0 saturated heterocycles. The zero-order valence-electron chi connectivity index (χ0n) is 14.6. The van der Waals surface area contributed by atoms with Crippen molar-refractivity contribution in [2.24, 2.45) is 5.73 Å². The number of carboxylic acid groups (broad SMARTS) is 1. The van der Waals surface area contributed by atoms with E-state index in [-0.39, 0.29) is 11.9 Å². The topological polar surface area (TPSA) is 104 Å². The Morgan fingerprint density at radius 3 is 1.96 bits per heavy atom. The SMILES string of the molecule is N[C@@H](CCCNC(=O)O)CNC(=O)C(c1ccccc1)c1ccccc1. The normalized spacial score (nSPS) is 11.8. The van der Waals surface area contributed by atoms with E-state index in [1.54, 1.807) is 0 Å². The van der Waals surface area contributed by atoms with Crippen molar-refractivity contribution in [1.82, 2.24) is 10.6 Å². The van der Waals surface area contributed by atoms with Crippen LogP contribution in [0.15, 0.2) is 60.7 Å². The van der Waals surface area contributed by atoms with Gasteiger partial charge in [0.25, 0.3) is 0 Å². The number of carbonyl (C=O) groups is 2. The molecule has 0 aliphatic rings. The van der Waals surface area contributed by atoms with Crippen LogP contribution >= 0.6 is 0 Å². The van der Waals surface area contributed by atoms with Gasteiger partial charge in [-0.05, 0) is 24.0 Å². The molecule has 0 unspecified atom stereocenters. The van der Waals surface area contributed by atoms with Crippen molar-refractivity contribution in [2.45, 2.75) is 24.8 Å². The highest BCUT2D eigenvalue weighted by Gasteiger charge is 2.22. The van der Waals surface area contributed by atoms with Crippen molar-refractivity contribution in [3.8, 4) is 0 Å². The van der Waals surface area contributed by atoms with Gasteiger partial charge in [0, 0.05) is 19.1 Å². The van der Waals surface area contributed by atoms with Gasteiger partial charge in [0.1, 0.15) is 0 Å². The summed E-state index contributed by atoms with van der Waals surface area (Å²) in [6.45, 7) is 0.704. The van der Waals surface area contributed by atoms with Crippen molar-refractivity contribution in [2.75, 3.05) is 13.1 Å². The van der Waals surface area contributed by atoms with E-state index in [2.05, 4.69) is 10.6 Å². The average molecular weight is 355 g/mol. The van der Waals surface area contributed by atoms with Gasteiger partial charge < -0.3 is 21.5 Å². The van der Waals surface area contributed by atoms with E-state index in [0.29, 0.717) is 25.9 Å². The summed E-state index contributed by atoms with van der Waals surface area (Å²) >= 11 is 0. The molecule has 0 aliphatic heterocycles. The maximum absolute atomic E-state index is 12.8. The summed E-state index contributed by atoms with van der Waals surface area (Å²) in [5.41, 5.74) is 7.88. The Balaban J connectivity index is 1.94. The maximum atomic E-state index is 12.8. The molecule has 6 nitrogen and oxygen atoms in total. The van der Waals surface area contributed by atoms with Crippen LogP contribution in [-0.2, 0) is 4.79 Å². The predicted molar refractivity (Wildman–Crippen MR) is 101 cm³/mol. The Labute approximate surface area is 153 Å². The fraction of sp³-hybridized carbons (Fsp3) is 0.300. The van der Waals surface area contributed by atoms with Crippen molar-refractivity contribution in [3.05, 3.63) is 71.8 Å². The summed E-state index contributed by atoms with van der Waals surface area (Å²) in [7, 11) is 0. The molecular formula is C20H25N3O3. The van der Waals surface area contributed by atoms with Gasteiger partial charge in [0.15, 0.2) is 0 Å². The van der Waals surface area contributed by atoms with Gasteiger partial charge in [0.2, 0.25) is 5.91 Å². The molecule has 26 heavy (non-hydrogen) atoms. The summed E-state index contributed by atoms with van der Waals surface area (Å²) in [4.78, 5) is 23.2. The molecule has 0 spiro atoms. The summed E-state index contributed by atoms with van der Waals surface area (Å²) in [6.07, 6.45) is 0.215. The van der Waals surface area contributed by atoms with Gasteiger partial charge in [-0.3, -0.25) is 4.79 Å². The Kier molecular flexibility index (Phi) is 7.64. The molecule has 6 heteroatoms. The van der Waals surface area contributed by atoms with Gasteiger partial charge >= 0.3 is 6.09 Å². The molecule has 0 fully saturated rings. The van der Waals surface area contributed by atoms with Crippen LogP contribution in [0, 0.1) is 0 Å². The number of hydrogen-bond donors (Lipinski definition) is 4. The lowest BCUT2D eigenvalue weighted by Gasteiger charge is -2.19. The number of benzene rings is 2. The van der Waals surface area contributed by atoms with Crippen LogP contribution in [0.5, 0.6) is 0 Å². The first-order chi connectivity index (χ1) is 12.6. The second-order valence-electron chi connectivity index (χ2n) is 6.13. The van der Waals surface area contributed by atoms with Crippen molar-refractivity contribution >= 4 is 12.0 Å². The smallest absolute Gasteiger partial charge is 0.404 e. The van der Waals surface area contributed by atoms with Gasteiger partial charge in [-0.25, -0.2) is 4.79 Å². The van der Waals surface area contributed by atoms with Gasteiger partial charge in [-0.2, -0.15) is 0 Å². The highest BCUT2D eigenvalue weighted by molar-refractivity contribution is 5.87. The Hall–Kier alpha value is -2.86. The second-order valence-corrected chi connectivity index (χ2v) is 6.13. The van der Waals surface area contributed by atoms with Crippen LogP contribution in [0.25, 0.3) is 0 Å². The van der Waals surface area contributed by atoms with Gasteiger partial charge in [-0.1, -0.05) is 60.7 Å². The van der Waals surface area contributed by atoms with Crippen LogP contribution < -0.4 is 16.4 Å². The first kappa shape index (κ1) is 19.5. The van der Waals surface area contributed by atoms with Crippen molar-refractivity contribution in [3.63, 3.8) is 0 Å². The van der Waals surface area contributed by atoms with Crippen molar-refractivity contribution in [1.29, 1.82) is 0 Å². The number of nitrogens with two attached hydrogens (primary N) is 1. The third kappa shape index (κ3) is 6.22. The molecule has 2 rings (SSSR count). The van der Waals surface area contributed by atoms with E-state index in [1.165, 1.54) is 0 Å². The highest BCUT2D eigenvalue weighted by atomic mass is 16.4. The van der Waals surface area contributed by atoms with Crippen LogP contribution in [0.1, 0.15) is 29.9 Å². The van der Waals surface area contributed by atoms with Crippen molar-refractivity contribution < 1.29 is 14.7 Å². The van der Waals surface area contributed by atoms with Crippen LogP contribution in [-0.4, -0.2) is 36.2 Å². The number of carbonyl (C=O) groups excluding carboxylic acids is 1. The Bertz CT molecular complexity index is 652. The molecule has 0 aromatic heterocycles. The fourth-order valence-electron chi connectivity index (χ4n) is 2.78. The van der Waals surface area contributed by atoms with E-state index >= 15 is 0 Å². The molecule has 2 amide bonds. The molecule has 2 aromatic carbocycles. The lowest BCUT2D eigenvalue weighted by Crippen LogP contribution is -2.40. The van der Waals surface area contributed by atoms with Gasteiger partial charge in [0.05, 0.1) is 5.92 Å². The summed E-state index contributed by atoms with van der Waals surface area (Å²) in [5.74, 6) is -0.486. The average Bonchev–Trinajstić information content (AvgIpc) is 2.65. The minimum Gasteiger partial charge on any atom is -0.465 e. The molecule has 0 bridgehead atoms. The predicted octanol–water partition coefficient (Wildman–Crippen LogP) is 2.31. The lowest BCUT2D eigenvalue weighted by atomic mass is 9.90. The molecule has 0 saturated carbocycles. The lowest BCUT2D eigenvalue weighted by molar-refractivity contribution is -0.121. The number of rotatable bonds is 9. The molecule has 138 valence electrons. The molecular weight excluding hydrogens is 330 g/mol. The third-order valence-electron chi connectivity index (χ3n) is 4.09. The molecule has 2 aromatic rings. The standard InChI is InChI=1S/C20H25N3O3/c21-17(12-7-13-22-20(25)26)14-23-19(24)18(15-8-3-1-4-9-15)16-10-5-2-6-11-16/h1-6,8-11,17-18,22H,7,12-14,21H2,(H,23,24)(H,25,26)/t17-/m0/s1. The van der Waals surface area contributed by atoms with E-state index in [0.717, 1.165) is 11.1 Å². The quantitative estimate of drug-likeness (QED) is 0.518. The molecule has 0 radical (unpaired) electrons. The second kappa shape index (κ2) is 10.2. The molecule has 0 aliphatic carbocycles. The number of amides is 2. The largest absolute Gasteiger partial charge is 0.465 e. The Morgan fingerprint density at radius 2 is 1.46 bits per heavy atom. The summed E-state index contributed by atoms with van der Waals surface area (Å²) in [5, 5.41) is 13.8. The number of nitrogens with one attached hydrogen (secondary N) is 2. The molecule has 5 N–H and O–H groups in total. The zero-order valence-corrected chi connectivity index (χ0v) is 14.6. The van der Waals surface area contributed by atoms with Crippen LogP contribution in [0.4, 0.5) is 4.79 Å². The number of hydrogen-bond acceptors (Lipinski definition) is 3. The van der Waals surface area contributed by atoms with Crippen LogP contribution in [0.3, 0.4) is 0 Å². The van der Waals surface area contributed by atoms with Crippen LogP contribution in [0.2, 0.25) is 0 Å². The third-order valence-corrected chi connectivity index (χ3v) is 4.09. The first-order valence-electron chi connectivity index (χ1n) is 8.68. The van der Waals surface area contributed by atoms with E-state index in [1.807, 2.05) is 60.7 Å². The van der Waals surface area contributed by atoms with E-state index in [9.17, 15) is 9.59 Å². The zero-order chi connectivity index (χ0) is 18.8. The molecule has 1 atom stereocenters. The highest BCUT2D eigenvalue weighted by Crippen LogP contribution is 2.24. The summed E-state index contributed by atoms with van der Waals surface area (Å²) in [6, 6.07) is 19.0. The van der Waals surface area contributed by atoms with Gasteiger partial charge in [-0.15, -0.1) is 0 Å². The van der Waals surface area contributed by atoms with E-state index < -0.39 is 12.0 Å². The first-order valence-corrected chi connectivity index (χ1v) is 8.68. The monoisotopic (exact) mass is 355 g/mol. The maximum Gasteiger partial charge on any atom is 0.404 e.